The van der Waals surface area contributed by atoms with Gasteiger partial charge in [-0.15, -0.1) is 11.3 Å². The van der Waals surface area contributed by atoms with E-state index in [1.807, 2.05) is 13.8 Å². The molecule has 0 spiro atoms. The topological polar surface area (TPSA) is 62.3 Å². The molecule has 0 radical (unpaired) electrons. The minimum atomic E-state index is -0.631. The summed E-state index contributed by atoms with van der Waals surface area (Å²) in [5.41, 5.74) is 0. The molecule has 1 aromatic rings. The molecule has 82 valence electrons. The first-order valence-electron chi connectivity index (χ1n) is 4.68. The summed E-state index contributed by atoms with van der Waals surface area (Å²) in [5, 5.41) is 4.63. The van der Waals surface area contributed by atoms with Crippen LogP contribution in [-0.4, -0.2) is 34.8 Å². The van der Waals surface area contributed by atoms with Gasteiger partial charge in [0.15, 0.2) is 5.13 Å². The van der Waals surface area contributed by atoms with Crippen molar-refractivity contribution in [1.29, 1.82) is 0 Å². The van der Waals surface area contributed by atoms with E-state index in [1.54, 1.807) is 11.6 Å². The summed E-state index contributed by atoms with van der Waals surface area (Å²) in [6, 6.07) is 0. The predicted molar refractivity (Wildman–Crippen MR) is 58.7 cm³/mol. The number of aromatic nitrogens is 1. The van der Waals surface area contributed by atoms with Gasteiger partial charge in [-0.3, -0.25) is 14.9 Å². The molecule has 0 aromatic carbocycles. The van der Waals surface area contributed by atoms with Gasteiger partial charge in [-0.1, -0.05) is 0 Å². The summed E-state index contributed by atoms with van der Waals surface area (Å²) >= 11 is 1.28. The number of carbonyl (C=O) groups is 2. The molecule has 1 heterocycles. The standard InChI is InChI=1S/C9H13N3O2S/c1-3-12(4-2)8(14)7(13)11-9-10-5-6-15-9/h5-6H,3-4H2,1-2H3,(H,10,11,13). The second kappa shape index (κ2) is 5.45. The molecule has 6 heteroatoms. The molecule has 0 unspecified atom stereocenters. The van der Waals surface area contributed by atoms with Gasteiger partial charge >= 0.3 is 11.8 Å². The smallest absolute Gasteiger partial charge is 0.315 e. The van der Waals surface area contributed by atoms with Crippen LogP contribution < -0.4 is 5.32 Å². The van der Waals surface area contributed by atoms with Crippen LogP contribution >= 0.6 is 11.3 Å². The van der Waals surface area contributed by atoms with Gasteiger partial charge in [0.25, 0.3) is 0 Å². The number of rotatable bonds is 3. The minimum Gasteiger partial charge on any atom is -0.335 e. The van der Waals surface area contributed by atoms with Crippen LogP contribution in [0.25, 0.3) is 0 Å². The SMILES string of the molecule is CCN(CC)C(=O)C(=O)Nc1nccs1. The van der Waals surface area contributed by atoms with E-state index in [4.69, 9.17) is 0 Å². The lowest BCUT2D eigenvalue weighted by Crippen LogP contribution is -2.39. The molecule has 0 saturated carbocycles. The van der Waals surface area contributed by atoms with Crippen molar-refractivity contribution in [2.24, 2.45) is 0 Å². The molecule has 15 heavy (non-hydrogen) atoms. The summed E-state index contributed by atoms with van der Waals surface area (Å²) in [6.07, 6.45) is 1.57. The Hall–Kier alpha value is -1.43. The molecule has 5 nitrogen and oxygen atoms in total. The van der Waals surface area contributed by atoms with E-state index in [1.165, 1.54) is 16.2 Å². The zero-order chi connectivity index (χ0) is 11.3. The van der Waals surface area contributed by atoms with Gasteiger partial charge in [-0.05, 0) is 13.8 Å². The number of carbonyl (C=O) groups excluding carboxylic acids is 2. The van der Waals surface area contributed by atoms with E-state index in [9.17, 15) is 9.59 Å². The molecule has 0 aliphatic rings. The van der Waals surface area contributed by atoms with E-state index in [2.05, 4.69) is 10.3 Å². The van der Waals surface area contributed by atoms with Gasteiger partial charge in [0, 0.05) is 24.7 Å². The minimum absolute atomic E-state index is 0.445. The molecule has 0 saturated heterocycles. The lowest BCUT2D eigenvalue weighted by Gasteiger charge is -2.16. The molecule has 0 atom stereocenters. The third-order valence-corrected chi connectivity index (χ3v) is 2.59. The van der Waals surface area contributed by atoms with E-state index >= 15 is 0 Å². The fourth-order valence-electron chi connectivity index (χ4n) is 1.09. The van der Waals surface area contributed by atoms with Crippen LogP contribution in [0.3, 0.4) is 0 Å². The van der Waals surface area contributed by atoms with Crippen molar-refractivity contribution in [1.82, 2.24) is 9.88 Å². The third kappa shape index (κ3) is 3.02. The van der Waals surface area contributed by atoms with E-state index in [0.29, 0.717) is 18.2 Å². The Morgan fingerprint density at radius 2 is 2.13 bits per heavy atom. The average molecular weight is 227 g/mol. The highest BCUT2D eigenvalue weighted by atomic mass is 32.1. The fourth-order valence-corrected chi connectivity index (χ4v) is 1.61. The number of hydrogen-bond donors (Lipinski definition) is 1. The second-order valence-electron chi connectivity index (χ2n) is 2.77. The zero-order valence-electron chi connectivity index (χ0n) is 8.69. The van der Waals surface area contributed by atoms with Crippen molar-refractivity contribution in [3.63, 3.8) is 0 Å². The van der Waals surface area contributed by atoms with Crippen molar-refractivity contribution in [3.05, 3.63) is 11.6 Å². The first-order valence-corrected chi connectivity index (χ1v) is 5.56. The lowest BCUT2D eigenvalue weighted by atomic mass is 10.4. The molecule has 1 aromatic heterocycles. The maximum absolute atomic E-state index is 11.5. The maximum atomic E-state index is 11.5. The van der Waals surface area contributed by atoms with Crippen LogP contribution in [0.5, 0.6) is 0 Å². The summed E-state index contributed by atoms with van der Waals surface area (Å²) in [6.45, 7) is 4.72. The second-order valence-corrected chi connectivity index (χ2v) is 3.66. The normalized spacial score (nSPS) is 9.73. The number of anilines is 1. The highest BCUT2D eigenvalue weighted by molar-refractivity contribution is 7.13. The Balaban J connectivity index is 2.57. The predicted octanol–water partition coefficient (Wildman–Crippen LogP) is 0.950. The van der Waals surface area contributed by atoms with Crippen LogP contribution in [0, 0.1) is 0 Å². The average Bonchev–Trinajstić information content (AvgIpc) is 2.72. The van der Waals surface area contributed by atoms with Gasteiger partial charge < -0.3 is 4.90 Å². The summed E-state index contributed by atoms with van der Waals surface area (Å²) in [4.78, 5) is 28.3. The van der Waals surface area contributed by atoms with Gasteiger partial charge in [0.2, 0.25) is 0 Å². The zero-order valence-corrected chi connectivity index (χ0v) is 9.50. The van der Waals surface area contributed by atoms with Crippen LogP contribution in [0.15, 0.2) is 11.6 Å². The Morgan fingerprint density at radius 1 is 1.47 bits per heavy atom. The monoisotopic (exact) mass is 227 g/mol. The highest BCUT2D eigenvalue weighted by Gasteiger charge is 2.19. The van der Waals surface area contributed by atoms with Gasteiger partial charge in [0.1, 0.15) is 0 Å². The summed E-state index contributed by atoms with van der Waals surface area (Å²) < 4.78 is 0. The molecule has 0 aliphatic heterocycles. The number of amides is 2. The van der Waals surface area contributed by atoms with Crippen molar-refractivity contribution in [3.8, 4) is 0 Å². The molecule has 2 amide bonds. The molecule has 1 rings (SSSR count). The van der Waals surface area contributed by atoms with Crippen LogP contribution in [0.4, 0.5) is 5.13 Å². The van der Waals surface area contributed by atoms with Crippen LogP contribution in [0.2, 0.25) is 0 Å². The fraction of sp³-hybridized carbons (Fsp3) is 0.444. The number of likely N-dealkylation sites (N-methyl/N-ethyl adjacent to an activating group) is 1. The number of hydrogen-bond acceptors (Lipinski definition) is 4. The Labute approximate surface area is 92.1 Å². The van der Waals surface area contributed by atoms with Crippen molar-refractivity contribution in [2.45, 2.75) is 13.8 Å². The maximum Gasteiger partial charge on any atom is 0.315 e. The van der Waals surface area contributed by atoms with Crippen molar-refractivity contribution < 1.29 is 9.59 Å². The summed E-state index contributed by atoms with van der Waals surface area (Å²) in [5.74, 6) is -1.15. The molecular weight excluding hydrogens is 214 g/mol. The third-order valence-electron chi connectivity index (χ3n) is 1.90. The lowest BCUT2D eigenvalue weighted by molar-refractivity contribution is -0.142. The number of thiazole rings is 1. The Morgan fingerprint density at radius 3 is 2.60 bits per heavy atom. The molecular formula is C9H13N3O2S. The van der Waals surface area contributed by atoms with E-state index in [-0.39, 0.29) is 0 Å². The summed E-state index contributed by atoms with van der Waals surface area (Å²) in [7, 11) is 0. The van der Waals surface area contributed by atoms with Crippen LogP contribution in [-0.2, 0) is 9.59 Å². The number of nitrogens with one attached hydrogen (secondary N) is 1. The van der Waals surface area contributed by atoms with Gasteiger partial charge in [-0.2, -0.15) is 0 Å². The highest BCUT2D eigenvalue weighted by Crippen LogP contribution is 2.10. The van der Waals surface area contributed by atoms with Crippen LogP contribution in [0.1, 0.15) is 13.8 Å². The Bertz CT molecular complexity index is 333. The van der Waals surface area contributed by atoms with Crippen molar-refractivity contribution in [2.75, 3.05) is 18.4 Å². The Kier molecular flexibility index (Phi) is 4.23. The number of nitrogens with zero attached hydrogens (tertiary/aromatic N) is 2. The molecule has 0 aliphatic carbocycles. The van der Waals surface area contributed by atoms with E-state index in [0.717, 1.165) is 0 Å². The molecule has 1 N–H and O–H groups in total. The van der Waals surface area contributed by atoms with Gasteiger partial charge in [0.05, 0.1) is 0 Å². The van der Waals surface area contributed by atoms with E-state index < -0.39 is 11.8 Å². The van der Waals surface area contributed by atoms with Crippen molar-refractivity contribution >= 4 is 28.3 Å². The first kappa shape index (κ1) is 11.6. The molecule has 0 fully saturated rings. The quantitative estimate of drug-likeness (QED) is 0.782. The molecule has 0 bridgehead atoms. The first-order chi connectivity index (χ1) is 7.19. The van der Waals surface area contributed by atoms with Gasteiger partial charge in [-0.25, -0.2) is 4.98 Å². The largest absolute Gasteiger partial charge is 0.335 e.